The molecule has 30 heavy (non-hydrogen) atoms. The third-order valence-electron chi connectivity index (χ3n) is 5.04. The normalized spacial score (nSPS) is 14.5. The van der Waals surface area contributed by atoms with E-state index in [1.165, 1.54) is 42.4 Å². The van der Waals surface area contributed by atoms with Crippen LogP contribution in [-0.2, 0) is 4.79 Å². The number of nitro groups is 1. The Hall–Kier alpha value is -3.14. The number of hydrogen-bond acceptors (Lipinski definition) is 7. The molecule has 0 atom stereocenters. The summed E-state index contributed by atoms with van der Waals surface area (Å²) in [6.45, 7) is 0. The van der Waals surface area contributed by atoms with Gasteiger partial charge in [0.05, 0.1) is 16.9 Å². The summed E-state index contributed by atoms with van der Waals surface area (Å²) >= 11 is 1.32. The Bertz CT molecular complexity index is 1010. The highest BCUT2D eigenvalue weighted by Gasteiger charge is 2.25. The first-order chi connectivity index (χ1) is 14.6. The maximum absolute atomic E-state index is 12.4. The average Bonchev–Trinajstić information content (AvgIpc) is 3.43. The van der Waals surface area contributed by atoms with E-state index in [1.54, 1.807) is 6.26 Å². The van der Waals surface area contributed by atoms with Crippen LogP contribution in [0.15, 0.2) is 52.2 Å². The highest BCUT2D eigenvalue weighted by atomic mass is 32.2. The van der Waals surface area contributed by atoms with Crippen molar-refractivity contribution in [3.63, 3.8) is 0 Å². The summed E-state index contributed by atoms with van der Waals surface area (Å²) in [6, 6.07) is 9.71. The van der Waals surface area contributed by atoms with E-state index in [0.717, 1.165) is 25.7 Å². The van der Waals surface area contributed by atoms with Gasteiger partial charge >= 0.3 is 0 Å². The van der Waals surface area contributed by atoms with Gasteiger partial charge in [-0.25, -0.2) is 0 Å². The Kier molecular flexibility index (Phi) is 6.12. The number of hydrogen-bond donors (Lipinski definition) is 1. The van der Waals surface area contributed by atoms with E-state index in [9.17, 15) is 14.9 Å². The molecule has 1 N–H and O–H groups in total. The Morgan fingerprint density at radius 2 is 1.97 bits per heavy atom. The Morgan fingerprint density at radius 3 is 2.63 bits per heavy atom. The summed E-state index contributed by atoms with van der Waals surface area (Å²) < 4.78 is 7.63. The molecular formula is C20H21N5O4S. The molecule has 1 aliphatic rings. The number of anilines is 1. The number of carbonyl (C=O) groups excluding carboxylic acids is 1. The van der Waals surface area contributed by atoms with E-state index in [1.807, 2.05) is 12.1 Å². The molecule has 10 heteroatoms. The lowest BCUT2D eigenvalue weighted by atomic mass is 9.95. The van der Waals surface area contributed by atoms with Gasteiger partial charge < -0.3 is 9.73 Å². The van der Waals surface area contributed by atoms with Crippen molar-refractivity contribution >= 4 is 29.0 Å². The number of nitro benzene ring substituents is 1. The topological polar surface area (TPSA) is 116 Å². The number of non-ortho nitro benzene ring substituents is 1. The van der Waals surface area contributed by atoms with Gasteiger partial charge in [0.1, 0.15) is 0 Å². The number of thioether (sulfide) groups is 1. The molecule has 0 aliphatic heterocycles. The van der Waals surface area contributed by atoms with Crippen molar-refractivity contribution in [2.75, 3.05) is 11.1 Å². The van der Waals surface area contributed by atoms with Crippen molar-refractivity contribution in [1.29, 1.82) is 0 Å². The molecule has 1 amide bonds. The fourth-order valence-corrected chi connectivity index (χ4v) is 4.42. The van der Waals surface area contributed by atoms with Crippen molar-refractivity contribution in [2.45, 2.75) is 43.3 Å². The van der Waals surface area contributed by atoms with Crippen LogP contribution in [0.5, 0.6) is 0 Å². The molecule has 0 bridgehead atoms. The fraction of sp³-hybridized carbons (Fsp3) is 0.350. The van der Waals surface area contributed by atoms with Crippen LogP contribution in [0.3, 0.4) is 0 Å². The Balaban J connectivity index is 1.46. The molecule has 1 saturated carbocycles. The first-order valence-electron chi connectivity index (χ1n) is 9.77. The second kappa shape index (κ2) is 9.12. The van der Waals surface area contributed by atoms with E-state index in [-0.39, 0.29) is 23.4 Å². The van der Waals surface area contributed by atoms with Crippen LogP contribution in [0, 0.1) is 10.1 Å². The first kappa shape index (κ1) is 20.1. The lowest BCUT2D eigenvalue weighted by Gasteiger charge is -2.25. The molecule has 1 aromatic carbocycles. The molecule has 2 heterocycles. The zero-order valence-electron chi connectivity index (χ0n) is 16.2. The van der Waals surface area contributed by atoms with Gasteiger partial charge in [0, 0.05) is 23.9 Å². The number of amides is 1. The number of rotatable bonds is 7. The van der Waals surface area contributed by atoms with Crippen LogP contribution < -0.4 is 5.32 Å². The molecule has 156 valence electrons. The standard InChI is InChI=1S/C20H21N5O4S/c26-18(21-14-8-10-16(11-9-14)25(27)28)13-30-20-23-22-19(17-7-4-12-29-17)24(20)15-5-2-1-3-6-15/h4,7-12,15H,1-3,5-6,13H2,(H,21,26). The van der Waals surface area contributed by atoms with Gasteiger partial charge in [-0.1, -0.05) is 31.0 Å². The third-order valence-corrected chi connectivity index (χ3v) is 5.98. The molecular weight excluding hydrogens is 406 g/mol. The quantitative estimate of drug-likeness (QED) is 0.330. The number of nitrogens with zero attached hydrogens (tertiary/aromatic N) is 4. The maximum Gasteiger partial charge on any atom is 0.269 e. The monoisotopic (exact) mass is 427 g/mol. The minimum absolute atomic E-state index is 0.0200. The van der Waals surface area contributed by atoms with Gasteiger partial charge in [-0.15, -0.1) is 10.2 Å². The van der Waals surface area contributed by atoms with Crippen LogP contribution in [0.1, 0.15) is 38.1 Å². The van der Waals surface area contributed by atoms with Crippen molar-refractivity contribution < 1.29 is 14.1 Å². The fourth-order valence-electron chi connectivity index (χ4n) is 3.61. The van der Waals surface area contributed by atoms with Gasteiger partial charge in [-0.05, 0) is 37.1 Å². The molecule has 1 fully saturated rings. The smallest absolute Gasteiger partial charge is 0.269 e. The van der Waals surface area contributed by atoms with Crippen LogP contribution in [0.2, 0.25) is 0 Å². The van der Waals surface area contributed by atoms with E-state index in [4.69, 9.17) is 4.42 Å². The first-order valence-corrected chi connectivity index (χ1v) is 10.8. The number of furan rings is 1. The summed E-state index contributed by atoms with van der Waals surface area (Å²) in [4.78, 5) is 22.6. The van der Waals surface area contributed by atoms with Gasteiger partial charge in [-0.2, -0.15) is 0 Å². The summed E-state index contributed by atoms with van der Waals surface area (Å²) in [6.07, 6.45) is 7.26. The van der Waals surface area contributed by atoms with Crippen molar-refractivity contribution in [3.05, 3.63) is 52.8 Å². The minimum atomic E-state index is -0.476. The van der Waals surface area contributed by atoms with Crippen molar-refractivity contribution in [2.24, 2.45) is 0 Å². The second-order valence-electron chi connectivity index (χ2n) is 7.09. The highest BCUT2D eigenvalue weighted by molar-refractivity contribution is 7.99. The average molecular weight is 427 g/mol. The van der Waals surface area contributed by atoms with Gasteiger partial charge in [0.25, 0.3) is 5.69 Å². The summed E-state index contributed by atoms with van der Waals surface area (Å²) in [5.74, 6) is 1.28. The molecule has 0 saturated heterocycles. The van der Waals surface area contributed by atoms with Crippen molar-refractivity contribution in [3.8, 4) is 11.6 Å². The van der Waals surface area contributed by atoms with Gasteiger partial charge in [0.2, 0.25) is 11.7 Å². The van der Waals surface area contributed by atoms with Crippen molar-refractivity contribution in [1.82, 2.24) is 14.8 Å². The van der Waals surface area contributed by atoms with E-state index in [2.05, 4.69) is 20.1 Å². The predicted molar refractivity (Wildman–Crippen MR) is 112 cm³/mol. The molecule has 3 aromatic rings. The largest absolute Gasteiger partial charge is 0.461 e. The summed E-state index contributed by atoms with van der Waals surface area (Å²) in [5.41, 5.74) is 0.490. The molecule has 1 aliphatic carbocycles. The number of aromatic nitrogens is 3. The lowest BCUT2D eigenvalue weighted by Crippen LogP contribution is -2.17. The number of carbonyl (C=O) groups is 1. The Labute approximate surface area is 177 Å². The highest BCUT2D eigenvalue weighted by Crippen LogP contribution is 2.35. The predicted octanol–water partition coefficient (Wildman–Crippen LogP) is 4.68. The molecule has 4 rings (SSSR count). The van der Waals surface area contributed by atoms with E-state index < -0.39 is 4.92 Å². The van der Waals surface area contributed by atoms with E-state index >= 15 is 0 Å². The van der Waals surface area contributed by atoms with Crippen LogP contribution in [0.4, 0.5) is 11.4 Å². The van der Waals surface area contributed by atoms with Crippen LogP contribution >= 0.6 is 11.8 Å². The van der Waals surface area contributed by atoms with Gasteiger partial charge in [-0.3, -0.25) is 19.5 Å². The minimum Gasteiger partial charge on any atom is -0.461 e. The number of nitrogens with one attached hydrogen (secondary N) is 1. The SMILES string of the molecule is O=C(CSc1nnc(-c2ccco2)n1C1CCCCC1)Nc1ccc([N+](=O)[O-])cc1. The molecule has 0 unspecified atom stereocenters. The lowest BCUT2D eigenvalue weighted by molar-refractivity contribution is -0.384. The zero-order valence-corrected chi connectivity index (χ0v) is 17.0. The number of benzene rings is 1. The second-order valence-corrected chi connectivity index (χ2v) is 8.03. The third kappa shape index (κ3) is 4.54. The van der Waals surface area contributed by atoms with Gasteiger partial charge in [0.15, 0.2) is 10.9 Å². The summed E-state index contributed by atoms with van der Waals surface area (Å²) in [7, 11) is 0. The van der Waals surface area contributed by atoms with Crippen LogP contribution in [-0.4, -0.2) is 31.3 Å². The molecule has 2 aromatic heterocycles. The van der Waals surface area contributed by atoms with Crippen LogP contribution in [0.25, 0.3) is 11.6 Å². The molecule has 9 nitrogen and oxygen atoms in total. The molecule has 0 spiro atoms. The summed E-state index contributed by atoms with van der Waals surface area (Å²) in [5, 5.41) is 22.8. The zero-order chi connectivity index (χ0) is 20.9. The maximum atomic E-state index is 12.4. The molecule has 0 radical (unpaired) electrons. The Morgan fingerprint density at radius 1 is 1.20 bits per heavy atom. The van der Waals surface area contributed by atoms with E-state index in [0.29, 0.717) is 22.4 Å².